The molecule has 4 heterocycles. The van der Waals surface area contributed by atoms with E-state index in [1.165, 1.54) is 5.56 Å². The monoisotopic (exact) mass is 502 g/mol. The Morgan fingerprint density at radius 1 is 1.08 bits per heavy atom. The van der Waals surface area contributed by atoms with Crippen LogP contribution in [0.3, 0.4) is 0 Å². The van der Waals surface area contributed by atoms with Gasteiger partial charge in [-0.25, -0.2) is 24.7 Å². The molecule has 2 aliphatic heterocycles. The summed E-state index contributed by atoms with van der Waals surface area (Å²) < 4.78 is 5.72. The summed E-state index contributed by atoms with van der Waals surface area (Å²) in [5.74, 6) is 3.42. The van der Waals surface area contributed by atoms with Crippen LogP contribution >= 0.6 is 0 Å². The largest absolute Gasteiger partial charge is 0.377 e. The number of anilines is 3. The van der Waals surface area contributed by atoms with Gasteiger partial charge in [0.15, 0.2) is 5.82 Å². The van der Waals surface area contributed by atoms with Crippen molar-refractivity contribution < 1.29 is 9.53 Å². The number of aromatic nitrogens is 4. The minimum atomic E-state index is -0.219. The van der Waals surface area contributed by atoms with Gasteiger partial charge in [0.2, 0.25) is 0 Å². The minimum absolute atomic E-state index is 0.219. The minimum Gasteiger partial charge on any atom is -0.377 e. The molecule has 1 aromatic carbocycles. The summed E-state index contributed by atoms with van der Waals surface area (Å²) in [5, 5.41) is 5.59. The number of amides is 2. The summed E-state index contributed by atoms with van der Waals surface area (Å²) in [4.78, 5) is 35.6. The highest BCUT2D eigenvalue weighted by molar-refractivity contribution is 5.89. The Morgan fingerprint density at radius 3 is 2.65 bits per heavy atom. The summed E-state index contributed by atoms with van der Waals surface area (Å²) in [5.41, 5.74) is 3.93. The Hall–Kier alpha value is -3.79. The Kier molecular flexibility index (Phi) is 7.45. The molecule has 2 amide bonds. The van der Waals surface area contributed by atoms with E-state index in [-0.39, 0.29) is 12.1 Å². The zero-order valence-corrected chi connectivity index (χ0v) is 21.7. The van der Waals surface area contributed by atoms with E-state index >= 15 is 0 Å². The maximum Gasteiger partial charge on any atom is 0.319 e. The average molecular weight is 503 g/mol. The number of morpholine rings is 1. The molecule has 2 aromatic heterocycles. The highest BCUT2D eigenvalue weighted by Gasteiger charge is 2.28. The highest BCUT2D eigenvalue weighted by Crippen LogP contribution is 2.31. The number of urea groups is 1. The molecule has 10 nitrogen and oxygen atoms in total. The molecule has 2 aliphatic rings. The van der Waals surface area contributed by atoms with Crippen molar-refractivity contribution >= 4 is 23.4 Å². The standard InChI is InChI=1S/C27H34N8O2/c1-4-28-27(36)31-21-7-5-20(6-8-21)25-32-23-11-14-34(24-9-12-29-19(3)30-24)13-10-22(23)26(33-25)35-15-16-37-17-18(35)2/h5-9,12,18H,4,10-11,13-17H2,1-3H3,(H2,28,31,36)/t18-/m0/s1. The van der Waals surface area contributed by atoms with Crippen molar-refractivity contribution in [2.45, 2.75) is 39.7 Å². The first-order valence-electron chi connectivity index (χ1n) is 13.0. The number of benzene rings is 1. The summed E-state index contributed by atoms with van der Waals surface area (Å²) in [6.45, 7) is 10.4. The number of nitrogens with one attached hydrogen (secondary N) is 2. The molecule has 0 aliphatic carbocycles. The van der Waals surface area contributed by atoms with Crippen molar-refractivity contribution in [3.8, 4) is 11.4 Å². The van der Waals surface area contributed by atoms with Gasteiger partial charge >= 0.3 is 6.03 Å². The second kappa shape index (κ2) is 11.1. The van der Waals surface area contributed by atoms with Gasteiger partial charge in [-0.05, 0) is 57.5 Å². The van der Waals surface area contributed by atoms with Crippen LogP contribution in [0.1, 0.15) is 30.9 Å². The maximum atomic E-state index is 11.9. The zero-order valence-electron chi connectivity index (χ0n) is 21.7. The SMILES string of the molecule is CCNC(=O)Nc1ccc(-c2nc3c(c(N4CCOC[C@@H]4C)n2)CCN(c2ccnc(C)n2)CC3)cc1. The summed E-state index contributed by atoms with van der Waals surface area (Å²) >= 11 is 0. The van der Waals surface area contributed by atoms with Crippen LogP contribution in [0.5, 0.6) is 0 Å². The third-order valence-electron chi connectivity index (χ3n) is 6.78. The third kappa shape index (κ3) is 5.64. The van der Waals surface area contributed by atoms with Gasteiger partial charge in [-0.1, -0.05) is 0 Å². The molecule has 10 heteroatoms. The van der Waals surface area contributed by atoms with E-state index in [9.17, 15) is 4.79 Å². The molecule has 3 aromatic rings. The Balaban J connectivity index is 1.47. The Labute approximate surface area is 217 Å². The van der Waals surface area contributed by atoms with E-state index in [1.54, 1.807) is 0 Å². The molecule has 0 saturated carbocycles. The smallest absolute Gasteiger partial charge is 0.319 e. The van der Waals surface area contributed by atoms with E-state index in [4.69, 9.17) is 14.7 Å². The summed E-state index contributed by atoms with van der Waals surface area (Å²) in [7, 11) is 0. The van der Waals surface area contributed by atoms with E-state index in [0.29, 0.717) is 25.6 Å². The number of aryl methyl sites for hydroxylation is 1. The van der Waals surface area contributed by atoms with Crippen molar-refractivity contribution in [3.05, 3.63) is 53.6 Å². The predicted molar refractivity (Wildman–Crippen MR) is 144 cm³/mol. The molecule has 2 N–H and O–H groups in total. The third-order valence-corrected chi connectivity index (χ3v) is 6.78. The van der Waals surface area contributed by atoms with Crippen LogP contribution in [-0.2, 0) is 17.6 Å². The number of ether oxygens (including phenoxy) is 1. The molecule has 1 fully saturated rings. The van der Waals surface area contributed by atoms with Crippen molar-refractivity contribution in [2.24, 2.45) is 0 Å². The van der Waals surface area contributed by atoms with E-state index in [2.05, 4.69) is 37.3 Å². The number of carbonyl (C=O) groups is 1. The number of carbonyl (C=O) groups excluding carboxylic acids is 1. The van der Waals surface area contributed by atoms with Crippen LogP contribution in [0.2, 0.25) is 0 Å². The lowest BCUT2D eigenvalue weighted by Crippen LogP contribution is -2.45. The number of nitrogens with zero attached hydrogens (tertiary/aromatic N) is 6. The van der Waals surface area contributed by atoms with Crippen LogP contribution in [0.4, 0.5) is 22.1 Å². The van der Waals surface area contributed by atoms with Crippen molar-refractivity contribution in [2.75, 3.05) is 54.5 Å². The molecule has 1 saturated heterocycles. The second-order valence-corrected chi connectivity index (χ2v) is 9.42. The molecular formula is C27H34N8O2. The van der Waals surface area contributed by atoms with Crippen molar-refractivity contribution in [3.63, 3.8) is 0 Å². The summed E-state index contributed by atoms with van der Waals surface area (Å²) in [6, 6.07) is 9.68. The number of rotatable bonds is 5. The van der Waals surface area contributed by atoms with Crippen LogP contribution in [0.25, 0.3) is 11.4 Å². The zero-order chi connectivity index (χ0) is 25.8. The van der Waals surface area contributed by atoms with Crippen LogP contribution < -0.4 is 20.4 Å². The second-order valence-electron chi connectivity index (χ2n) is 9.42. The van der Waals surface area contributed by atoms with E-state index in [1.807, 2.05) is 50.4 Å². The Bertz CT molecular complexity index is 1250. The van der Waals surface area contributed by atoms with Gasteiger partial charge in [0.25, 0.3) is 0 Å². The number of hydrogen-bond donors (Lipinski definition) is 2. The van der Waals surface area contributed by atoms with Gasteiger partial charge in [-0.15, -0.1) is 0 Å². The average Bonchev–Trinajstić information content (AvgIpc) is 3.12. The van der Waals surface area contributed by atoms with Crippen LogP contribution in [0, 0.1) is 6.92 Å². The fourth-order valence-corrected chi connectivity index (χ4v) is 4.88. The first-order chi connectivity index (χ1) is 18.0. The van der Waals surface area contributed by atoms with Crippen molar-refractivity contribution in [1.29, 1.82) is 0 Å². The lowest BCUT2D eigenvalue weighted by Gasteiger charge is -2.36. The molecule has 0 spiro atoms. The molecule has 1 atom stereocenters. The molecule has 0 bridgehead atoms. The lowest BCUT2D eigenvalue weighted by atomic mass is 10.1. The number of hydrogen-bond acceptors (Lipinski definition) is 8. The van der Waals surface area contributed by atoms with Gasteiger partial charge in [-0.2, -0.15) is 0 Å². The fourth-order valence-electron chi connectivity index (χ4n) is 4.88. The van der Waals surface area contributed by atoms with Gasteiger partial charge in [0, 0.05) is 55.6 Å². The number of fused-ring (bicyclic) bond motifs is 1. The van der Waals surface area contributed by atoms with Gasteiger partial charge in [-0.3, -0.25) is 0 Å². The van der Waals surface area contributed by atoms with Gasteiger partial charge < -0.3 is 25.2 Å². The van der Waals surface area contributed by atoms with E-state index in [0.717, 1.165) is 66.9 Å². The maximum absolute atomic E-state index is 11.9. The first-order valence-corrected chi connectivity index (χ1v) is 13.0. The molecule has 0 radical (unpaired) electrons. The highest BCUT2D eigenvalue weighted by atomic mass is 16.5. The topological polar surface area (TPSA) is 108 Å². The predicted octanol–water partition coefficient (Wildman–Crippen LogP) is 3.21. The van der Waals surface area contributed by atoms with Gasteiger partial charge in [0.05, 0.1) is 24.9 Å². The lowest BCUT2D eigenvalue weighted by molar-refractivity contribution is 0.0984. The molecule has 0 unspecified atom stereocenters. The van der Waals surface area contributed by atoms with Gasteiger partial charge in [0.1, 0.15) is 17.5 Å². The fraction of sp³-hybridized carbons (Fsp3) is 0.444. The molecular weight excluding hydrogens is 468 g/mol. The van der Waals surface area contributed by atoms with E-state index < -0.39 is 0 Å². The quantitative estimate of drug-likeness (QED) is 0.548. The molecule has 37 heavy (non-hydrogen) atoms. The summed E-state index contributed by atoms with van der Waals surface area (Å²) in [6.07, 6.45) is 3.46. The van der Waals surface area contributed by atoms with Crippen molar-refractivity contribution in [1.82, 2.24) is 25.3 Å². The first kappa shape index (κ1) is 24.9. The van der Waals surface area contributed by atoms with Crippen LogP contribution in [0.15, 0.2) is 36.5 Å². The molecule has 5 rings (SSSR count). The van der Waals surface area contributed by atoms with Crippen LogP contribution in [-0.4, -0.2) is 71.4 Å². The normalized spacial score (nSPS) is 17.6. The molecule has 194 valence electrons. The Morgan fingerprint density at radius 2 is 1.89 bits per heavy atom.